The maximum absolute atomic E-state index is 11.9. The van der Waals surface area contributed by atoms with E-state index in [2.05, 4.69) is 15.3 Å². The summed E-state index contributed by atoms with van der Waals surface area (Å²) < 4.78 is 23.9. The van der Waals surface area contributed by atoms with Crippen LogP contribution in [0.4, 0.5) is 14.6 Å². The lowest BCUT2D eigenvalue weighted by Gasteiger charge is -2.00. The molecular weight excluding hydrogens is 152 g/mol. The minimum absolute atomic E-state index is 0.398. The van der Waals surface area contributed by atoms with Crippen molar-refractivity contribution in [3.05, 3.63) is 18.1 Å². The fraction of sp³-hybridized carbons (Fsp3) is 0.333. The molecule has 0 aliphatic carbocycles. The molecule has 3 nitrogen and oxygen atoms in total. The van der Waals surface area contributed by atoms with Crippen LogP contribution < -0.4 is 5.32 Å². The Morgan fingerprint density at radius 3 is 2.82 bits per heavy atom. The van der Waals surface area contributed by atoms with Crippen LogP contribution in [0.1, 0.15) is 12.2 Å². The molecule has 0 saturated heterocycles. The second-order valence-corrected chi connectivity index (χ2v) is 1.85. The van der Waals surface area contributed by atoms with Crippen molar-refractivity contribution in [3.63, 3.8) is 0 Å². The highest BCUT2D eigenvalue weighted by atomic mass is 19.3. The first-order valence-electron chi connectivity index (χ1n) is 3.03. The van der Waals surface area contributed by atoms with Crippen LogP contribution in [0.2, 0.25) is 0 Å². The van der Waals surface area contributed by atoms with Crippen molar-refractivity contribution in [2.75, 3.05) is 12.4 Å². The van der Waals surface area contributed by atoms with E-state index in [-0.39, 0.29) is 0 Å². The van der Waals surface area contributed by atoms with Crippen LogP contribution in [-0.2, 0) is 0 Å². The fourth-order valence-corrected chi connectivity index (χ4v) is 0.618. The normalized spacial score (nSPS) is 10.2. The minimum Gasteiger partial charge on any atom is -0.373 e. The Kier molecular flexibility index (Phi) is 2.30. The molecule has 0 unspecified atom stereocenters. The largest absolute Gasteiger partial charge is 0.373 e. The topological polar surface area (TPSA) is 37.8 Å². The standard InChI is InChI=1S/C6H7F2N3/c1-9-4-2-3-10-6(11-4)5(7)8/h2-3,5H,1H3,(H,9,10,11). The molecule has 0 atom stereocenters. The van der Waals surface area contributed by atoms with Crippen LogP contribution in [0, 0.1) is 0 Å². The molecule has 1 aromatic rings. The summed E-state index contributed by atoms with van der Waals surface area (Å²) in [7, 11) is 1.61. The minimum atomic E-state index is -2.61. The maximum Gasteiger partial charge on any atom is 0.297 e. The zero-order chi connectivity index (χ0) is 8.27. The van der Waals surface area contributed by atoms with Gasteiger partial charge in [0.1, 0.15) is 5.82 Å². The first-order chi connectivity index (χ1) is 5.24. The fourth-order valence-electron chi connectivity index (χ4n) is 0.618. The van der Waals surface area contributed by atoms with Gasteiger partial charge in [-0.25, -0.2) is 18.7 Å². The molecule has 0 fully saturated rings. The quantitative estimate of drug-likeness (QED) is 0.709. The van der Waals surface area contributed by atoms with E-state index >= 15 is 0 Å². The lowest BCUT2D eigenvalue weighted by atomic mass is 10.5. The van der Waals surface area contributed by atoms with Crippen molar-refractivity contribution in [1.82, 2.24) is 9.97 Å². The Morgan fingerprint density at radius 1 is 1.55 bits per heavy atom. The van der Waals surface area contributed by atoms with Crippen LogP contribution in [0.15, 0.2) is 12.3 Å². The molecule has 1 heterocycles. The highest BCUT2D eigenvalue weighted by molar-refractivity contribution is 5.31. The highest BCUT2D eigenvalue weighted by Crippen LogP contribution is 2.14. The van der Waals surface area contributed by atoms with E-state index < -0.39 is 12.2 Å². The number of anilines is 1. The summed E-state index contributed by atoms with van der Waals surface area (Å²) in [4.78, 5) is 6.90. The van der Waals surface area contributed by atoms with E-state index in [0.717, 1.165) is 0 Å². The van der Waals surface area contributed by atoms with Crippen LogP contribution in [0.5, 0.6) is 0 Å². The Hall–Kier alpha value is -1.26. The molecule has 0 amide bonds. The molecule has 1 N–H and O–H groups in total. The van der Waals surface area contributed by atoms with Crippen LogP contribution in [0.25, 0.3) is 0 Å². The summed E-state index contributed by atoms with van der Waals surface area (Å²) in [6, 6.07) is 1.52. The lowest BCUT2D eigenvalue weighted by molar-refractivity contribution is 0.140. The second kappa shape index (κ2) is 3.23. The smallest absolute Gasteiger partial charge is 0.297 e. The molecule has 0 aliphatic heterocycles. The monoisotopic (exact) mass is 159 g/mol. The van der Waals surface area contributed by atoms with E-state index in [1.807, 2.05) is 0 Å². The number of aromatic nitrogens is 2. The molecule has 11 heavy (non-hydrogen) atoms. The van der Waals surface area contributed by atoms with E-state index in [9.17, 15) is 8.78 Å². The number of hydrogen-bond donors (Lipinski definition) is 1. The summed E-state index contributed by atoms with van der Waals surface area (Å²) >= 11 is 0. The van der Waals surface area contributed by atoms with Gasteiger partial charge in [-0.05, 0) is 6.07 Å². The summed E-state index contributed by atoms with van der Waals surface area (Å²) in [6.45, 7) is 0. The average Bonchev–Trinajstić information content (AvgIpc) is 2.05. The molecule has 1 rings (SSSR count). The molecule has 5 heteroatoms. The van der Waals surface area contributed by atoms with Gasteiger partial charge in [0, 0.05) is 13.2 Å². The van der Waals surface area contributed by atoms with Crippen LogP contribution in [0.3, 0.4) is 0 Å². The number of nitrogens with one attached hydrogen (secondary N) is 1. The number of halogens is 2. The number of hydrogen-bond acceptors (Lipinski definition) is 3. The van der Waals surface area contributed by atoms with Crippen molar-refractivity contribution in [2.45, 2.75) is 6.43 Å². The van der Waals surface area contributed by atoms with Crippen molar-refractivity contribution in [3.8, 4) is 0 Å². The van der Waals surface area contributed by atoms with Crippen LogP contribution >= 0.6 is 0 Å². The van der Waals surface area contributed by atoms with Gasteiger partial charge >= 0.3 is 0 Å². The van der Waals surface area contributed by atoms with E-state index in [0.29, 0.717) is 5.82 Å². The Bertz CT molecular complexity index is 239. The molecule has 0 aliphatic rings. The highest BCUT2D eigenvalue weighted by Gasteiger charge is 2.09. The SMILES string of the molecule is CNc1ccnc(C(F)F)n1. The van der Waals surface area contributed by atoms with Gasteiger partial charge in [-0.3, -0.25) is 0 Å². The summed E-state index contributed by atoms with van der Waals surface area (Å²) in [6.07, 6.45) is -1.32. The Balaban J connectivity index is 2.91. The van der Waals surface area contributed by atoms with Gasteiger partial charge in [-0.1, -0.05) is 0 Å². The van der Waals surface area contributed by atoms with Crippen molar-refractivity contribution >= 4 is 5.82 Å². The molecule has 0 spiro atoms. The third-order valence-electron chi connectivity index (χ3n) is 1.13. The van der Waals surface area contributed by atoms with E-state index in [4.69, 9.17) is 0 Å². The van der Waals surface area contributed by atoms with E-state index in [1.165, 1.54) is 12.3 Å². The van der Waals surface area contributed by atoms with Crippen molar-refractivity contribution in [2.24, 2.45) is 0 Å². The summed E-state index contributed by atoms with van der Waals surface area (Å²) in [5.74, 6) is -0.0489. The van der Waals surface area contributed by atoms with Gasteiger partial charge in [-0.2, -0.15) is 0 Å². The summed E-state index contributed by atoms with van der Waals surface area (Å²) in [5, 5.41) is 2.64. The van der Waals surface area contributed by atoms with Gasteiger partial charge in [0.05, 0.1) is 0 Å². The number of rotatable bonds is 2. The van der Waals surface area contributed by atoms with Gasteiger partial charge in [-0.15, -0.1) is 0 Å². The van der Waals surface area contributed by atoms with Gasteiger partial charge in [0.2, 0.25) is 0 Å². The number of alkyl halides is 2. The molecule has 0 saturated carbocycles. The number of nitrogens with zero attached hydrogens (tertiary/aromatic N) is 2. The zero-order valence-electron chi connectivity index (χ0n) is 5.88. The first-order valence-corrected chi connectivity index (χ1v) is 3.03. The predicted molar refractivity (Wildman–Crippen MR) is 36.5 cm³/mol. The molecule has 1 aromatic heterocycles. The van der Waals surface area contributed by atoms with Gasteiger partial charge in [0.25, 0.3) is 6.43 Å². The van der Waals surface area contributed by atoms with Gasteiger partial charge < -0.3 is 5.32 Å². The lowest BCUT2D eigenvalue weighted by Crippen LogP contribution is -1.98. The first kappa shape index (κ1) is 7.84. The average molecular weight is 159 g/mol. The molecule has 0 aromatic carbocycles. The van der Waals surface area contributed by atoms with E-state index in [1.54, 1.807) is 7.05 Å². The van der Waals surface area contributed by atoms with Gasteiger partial charge in [0.15, 0.2) is 5.82 Å². The van der Waals surface area contributed by atoms with Crippen LogP contribution in [-0.4, -0.2) is 17.0 Å². The molecule has 0 radical (unpaired) electrons. The Labute approximate surface area is 62.5 Å². The summed E-state index contributed by atoms with van der Waals surface area (Å²) in [5.41, 5.74) is 0. The van der Waals surface area contributed by atoms with Crippen molar-refractivity contribution < 1.29 is 8.78 Å². The third kappa shape index (κ3) is 1.83. The van der Waals surface area contributed by atoms with Crippen molar-refractivity contribution in [1.29, 1.82) is 0 Å². The second-order valence-electron chi connectivity index (χ2n) is 1.85. The maximum atomic E-state index is 11.9. The molecule has 0 bridgehead atoms. The predicted octanol–water partition coefficient (Wildman–Crippen LogP) is 1.46. The third-order valence-corrected chi connectivity index (χ3v) is 1.13. The molecular formula is C6H7F2N3. The Morgan fingerprint density at radius 2 is 2.27 bits per heavy atom. The molecule has 60 valence electrons. The zero-order valence-corrected chi connectivity index (χ0v) is 5.88.